The van der Waals surface area contributed by atoms with Crippen LogP contribution in [0.4, 0.5) is 4.39 Å². The highest BCUT2D eigenvalue weighted by atomic mass is 32.2. The molecule has 0 aliphatic rings. The summed E-state index contributed by atoms with van der Waals surface area (Å²) in [6.07, 6.45) is 1.65. The van der Waals surface area contributed by atoms with Gasteiger partial charge < -0.3 is 9.30 Å². The van der Waals surface area contributed by atoms with Crippen molar-refractivity contribution in [2.45, 2.75) is 31.6 Å². The highest BCUT2D eigenvalue weighted by molar-refractivity contribution is 7.92. The maximum Gasteiger partial charge on any atom is 0.327 e. The number of carbonyl (C=O) groups is 1. The van der Waals surface area contributed by atoms with Crippen LogP contribution in [-0.4, -0.2) is 36.6 Å². The smallest absolute Gasteiger partial charge is 0.327 e. The van der Waals surface area contributed by atoms with Crippen LogP contribution in [0.15, 0.2) is 47.4 Å². The molecule has 0 amide bonds. The molecule has 0 aliphatic heterocycles. The highest BCUT2D eigenvalue weighted by Crippen LogP contribution is 2.23. The minimum atomic E-state index is -3.83. The second-order valence-electron chi connectivity index (χ2n) is 6.66. The number of aromatic nitrogens is 1. The lowest BCUT2D eigenvalue weighted by atomic mass is 10.1. The van der Waals surface area contributed by atoms with Gasteiger partial charge in [-0.05, 0) is 32.4 Å². The second kappa shape index (κ2) is 9.05. The topological polar surface area (TPSA) is 82.4 Å². The van der Waals surface area contributed by atoms with Crippen LogP contribution in [0.1, 0.15) is 31.4 Å². The maximum atomic E-state index is 14.4. The Morgan fingerprint density at radius 1 is 1.24 bits per heavy atom. The molecule has 8 heteroatoms. The zero-order valence-electron chi connectivity index (χ0n) is 16.4. The molecule has 1 atom stereocenters. The third-order valence-electron chi connectivity index (χ3n) is 4.55. The van der Waals surface area contributed by atoms with Crippen molar-refractivity contribution in [1.82, 2.24) is 4.57 Å². The minimum Gasteiger partial charge on any atom is -0.465 e. The molecule has 0 radical (unpaired) electrons. The number of rotatable bonds is 6. The Labute approximate surface area is 169 Å². The van der Waals surface area contributed by atoms with E-state index in [2.05, 4.69) is 11.8 Å². The Kier molecular flexibility index (Phi) is 6.98. The van der Waals surface area contributed by atoms with Crippen molar-refractivity contribution in [3.63, 3.8) is 0 Å². The van der Waals surface area contributed by atoms with Gasteiger partial charge in [0.05, 0.1) is 12.2 Å². The Morgan fingerprint density at radius 2 is 1.90 bits per heavy atom. The molecule has 0 aliphatic carbocycles. The number of sulfone groups is 1. The number of halogens is 1. The number of esters is 1. The number of aryl methyl sites for hydroxylation is 1. The van der Waals surface area contributed by atoms with Crippen LogP contribution < -0.4 is 5.56 Å². The Morgan fingerprint density at radius 3 is 2.48 bits per heavy atom. The summed E-state index contributed by atoms with van der Waals surface area (Å²) >= 11 is 0. The van der Waals surface area contributed by atoms with E-state index in [0.717, 1.165) is 23.1 Å². The molecule has 1 aromatic heterocycles. The number of hydrogen-bond donors (Lipinski definition) is 0. The summed E-state index contributed by atoms with van der Waals surface area (Å²) in [5.41, 5.74) is 0.0595. The summed E-state index contributed by atoms with van der Waals surface area (Å²) in [5.74, 6) is 3.78. The van der Waals surface area contributed by atoms with E-state index in [9.17, 15) is 22.4 Å². The Balaban J connectivity index is 2.28. The number of hydrogen-bond acceptors (Lipinski definition) is 5. The molecule has 0 fully saturated rings. The van der Waals surface area contributed by atoms with Crippen LogP contribution in [0.3, 0.4) is 0 Å². The molecule has 1 aromatic carbocycles. The van der Waals surface area contributed by atoms with Crippen LogP contribution in [-0.2, 0) is 25.9 Å². The van der Waals surface area contributed by atoms with Gasteiger partial charge in [0.2, 0.25) is 0 Å². The van der Waals surface area contributed by atoms with Crippen LogP contribution in [0, 0.1) is 17.7 Å². The van der Waals surface area contributed by atoms with E-state index in [1.54, 1.807) is 31.2 Å². The normalized spacial score (nSPS) is 13.1. The fraction of sp³-hybridized carbons (Fsp3) is 0.333. The Hall–Kier alpha value is -2.92. The van der Waals surface area contributed by atoms with Gasteiger partial charge >= 0.3 is 5.97 Å². The average Bonchev–Trinajstić information content (AvgIpc) is 2.67. The first kappa shape index (κ1) is 22.4. The van der Waals surface area contributed by atoms with E-state index >= 15 is 0 Å². The van der Waals surface area contributed by atoms with E-state index in [1.165, 1.54) is 6.92 Å². The van der Waals surface area contributed by atoms with E-state index in [1.807, 2.05) is 6.07 Å². The van der Waals surface area contributed by atoms with Crippen LogP contribution in [0.2, 0.25) is 0 Å². The molecule has 0 saturated heterocycles. The Bertz CT molecular complexity index is 1110. The van der Waals surface area contributed by atoms with Crippen LogP contribution >= 0.6 is 0 Å². The predicted octanol–water partition coefficient (Wildman–Crippen LogP) is 2.14. The van der Waals surface area contributed by atoms with Crippen molar-refractivity contribution in [3.05, 3.63) is 69.9 Å². The number of nitrogens with zero attached hydrogens (tertiary/aromatic N) is 1. The van der Waals surface area contributed by atoms with E-state index < -0.39 is 31.9 Å². The largest absolute Gasteiger partial charge is 0.465 e. The van der Waals surface area contributed by atoms with E-state index in [-0.39, 0.29) is 25.1 Å². The molecule has 0 unspecified atom stereocenters. The van der Waals surface area contributed by atoms with Gasteiger partial charge in [-0.2, -0.15) is 0 Å². The van der Waals surface area contributed by atoms with Crippen molar-refractivity contribution in [3.8, 4) is 11.8 Å². The third-order valence-corrected chi connectivity index (χ3v) is 6.56. The molecule has 29 heavy (non-hydrogen) atoms. The molecule has 2 aromatic rings. The number of pyridine rings is 1. The third kappa shape index (κ3) is 5.33. The van der Waals surface area contributed by atoms with Gasteiger partial charge in [-0.3, -0.25) is 9.59 Å². The first-order valence-electron chi connectivity index (χ1n) is 8.92. The zero-order chi connectivity index (χ0) is 21.7. The van der Waals surface area contributed by atoms with Gasteiger partial charge in [-0.25, -0.2) is 12.8 Å². The molecule has 6 nitrogen and oxygen atoms in total. The highest BCUT2D eigenvalue weighted by Gasteiger charge is 2.44. The van der Waals surface area contributed by atoms with Gasteiger partial charge in [-0.1, -0.05) is 30.0 Å². The number of benzene rings is 1. The summed E-state index contributed by atoms with van der Waals surface area (Å²) < 4.78 is 42.7. The first-order valence-corrected chi connectivity index (χ1v) is 10.8. The van der Waals surface area contributed by atoms with Crippen molar-refractivity contribution >= 4 is 15.8 Å². The zero-order valence-corrected chi connectivity index (χ0v) is 17.3. The van der Waals surface area contributed by atoms with E-state index in [0.29, 0.717) is 5.56 Å². The summed E-state index contributed by atoms with van der Waals surface area (Å²) in [4.78, 5) is 24.5. The van der Waals surface area contributed by atoms with Crippen LogP contribution in [0.5, 0.6) is 0 Å². The van der Waals surface area contributed by atoms with Crippen molar-refractivity contribution < 1.29 is 22.3 Å². The summed E-state index contributed by atoms with van der Waals surface area (Å²) in [5, 5.41) is 0. The van der Waals surface area contributed by atoms with Crippen LogP contribution in [0.25, 0.3) is 0 Å². The molecule has 0 spiro atoms. The van der Waals surface area contributed by atoms with Gasteiger partial charge in [-0.15, -0.1) is 0 Å². The lowest BCUT2D eigenvalue weighted by molar-refractivity contribution is -0.146. The monoisotopic (exact) mass is 419 g/mol. The molecule has 2 rings (SSSR count). The molecule has 0 saturated carbocycles. The van der Waals surface area contributed by atoms with Gasteiger partial charge in [0.25, 0.3) is 5.56 Å². The number of ether oxygens (including phenoxy) is 1. The number of carbonyl (C=O) groups excluding carboxylic acids is 1. The summed E-state index contributed by atoms with van der Waals surface area (Å²) in [7, 11) is -3.83. The molecular weight excluding hydrogens is 397 g/mol. The maximum absolute atomic E-state index is 14.4. The standard InChI is InChI=1S/C21H22FNO5S/c1-4-28-20(25)21(2,29(3,26)27)12-13-23-15-18(22)17(14-19(23)24)11-10-16-8-6-5-7-9-16/h5-9,14-15H,4,12-13H2,1-3H3/t21-/m1/s1. The SMILES string of the molecule is CCOC(=O)[C@@](C)(CCn1cc(F)c(C#Cc2ccccc2)cc1=O)S(C)(=O)=O. The molecule has 0 N–H and O–H groups in total. The fourth-order valence-electron chi connectivity index (χ4n) is 2.53. The second-order valence-corrected chi connectivity index (χ2v) is 9.10. The quantitative estimate of drug-likeness (QED) is 0.529. The fourth-order valence-corrected chi connectivity index (χ4v) is 3.36. The summed E-state index contributed by atoms with van der Waals surface area (Å²) in [6, 6.07) is 9.98. The van der Waals surface area contributed by atoms with Gasteiger partial charge in [0, 0.05) is 30.6 Å². The molecular formula is C21H22FNO5S. The molecule has 1 heterocycles. The van der Waals surface area contributed by atoms with Crippen molar-refractivity contribution in [2.24, 2.45) is 0 Å². The summed E-state index contributed by atoms with van der Waals surface area (Å²) in [6.45, 7) is 2.65. The molecule has 154 valence electrons. The van der Waals surface area contributed by atoms with Crippen molar-refractivity contribution in [2.75, 3.05) is 12.9 Å². The molecule has 0 bridgehead atoms. The minimum absolute atomic E-state index is 0.0211. The average molecular weight is 419 g/mol. The lowest BCUT2D eigenvalue weighted by Crippen LogP contribution is -2.45. The van der Waals surface area contributed by atoms with E-state index in [4.69, 9.17) is 4.74 Å². The van der Waals surface area contributed by atoms with Crippen molar-refractivity contribution in [1.29, 1.82) is 0 Å². The lowest BCUT2D eigenvalue weighted by Gasteiger charge is -2.25. The van der Waals surface area contributed by atoms with Gasteiger partial charge in [0.1, 0.15) is 0 Å². The van der Waals surface area contributed by atoms with Gasteiger partial charge in [0.15, 0.2) is 20.4 Å². The predicted molar refractivity (Wildman–Crippen MR) is 108 cm³/mol. The first-order chi connectivity index (χ1) is 13.6.